The zero-order valence-corrected chi connectivity index (χ0v) is 15.3. The lowest BCUT2D eigenvalue weighted by Gasteiger charge is -2.09. The summed E-state index contributed by atoms with van der Waals surface area (Å²) in [5, 5.41) is 5.31. The van der Waals surface area contributed by atoms with Gasteiger partial charge in [-0.05, 0) is 60.7 Å². The van der Waals surface area contributed by atoms with E-state index in [0.717, 1.165) is 5.75 Å². The highest BCUT2D eigenvalue weighted by atomic mass is 16.5. The van der Waals surface area contributed by atoms with E-state index >= 15 is 0 Å². The number of anilines is 1. The molecule has 2 N–H and O–H groups in total. The average Bonchev–Trinajstić information content (AvgIpc) is 2.74. The fourth-order valence-corrected chi connectivity index (χ4v) is 2.44. The maximum atomic E-state index is 12.1. The maximum Gasteiger partial charge on any atom is 0.251 e. The van der Waals surface area contributed by atoms with Gasteiger partial charge < -0.3 is 20.1 Å². The number of nitrogens with one attached hydrogen (secondary N) is 2. The number of rotatable bonds is 7. The molecule has 0 aliphatic heterocycles. The monoisotopic (exact) mass is 376 g/mol. The Labute approximate surface area is 163 Å². The quantitative estimate of drug-likeness (QED) is 0.657. The molecule has 0 aliphatic carbocycles. The summed E-state index contributed by atoms with van der Waals surface area (Å²) >= 11 is 0. The maximum absolute atomic E-state index is 12.1. The number of carbonyl (C=O) groups excluding carboxylic acids is 2. The first-order valence-electron chi connectivity index (χ1n) is 8.69. The molecule has 6 nitrogen and oxygen atoms in total. The van der Waals surface area contributed by atoms with Crippen molar-refractivity contribution in [3.8, 4) is 17.2 Å². The highest BCUT2D eigenvalue weighted by Gasteiger charge is 2.08. The molecule has 0 aromatic heterocycles. The summed E-state index contributed by atoms with van der Waals surface area (Å²) in [6, 6.07) is 23.1. The average molecular weight is 376 g/mol. The van der Waals surface area contributed by atoms with Gasteiger partial charge in [-0.25, -0.2) is 0 Å². The number of hydrogen-bond donors (Lipinski definition) is 2. The molecule has 0 bridgehead atoms. The normalized spacial score (nSPS) is 10.0. The summed E-state index contributed by atoms with van der Waals surface area (Å²) in [7, 11) is 1.56. The Morgan fingerprint density at radius 2 is 1.39 bits per heavy atom. The predicted octanol–water partition coefficient (Wildman–Crippen LogP) is 3.86. The van der Waals surface area contributed by atoms with Crippen LogP contribution in [-0.2, 0) is 4.79 Å². The first-order chi connectivity index (χ1) is 13.6. The van der Waals surface area contributed by atoms with Gasteiger partial charge in [-0.3, -0.25) is 9.59 Å². The van der Waals surface area contributed by atoms with E-state index in [1.165, 1.54) is 0 Å². The van der Waals surface area contributed by atoms with Crippen LogP contribution in [0.25, 0.3) is 0 Å². The van der Waals surface area contributed by atoms with Crippen molar-refractivity contribution in [1.29, 1.82) is 0 Å². The number of carbonyl (C=O) groups is 2. The van der Waals surface area contributed by atoms with Gasteiger partial charge in [0.2, 0.25) is 5.91 Å². The SMILES string of the molecule is COc1ccc(C(=O)NCC(=O)Nc2ccc(Oc3ccccc3)cc2)cc1. The molecule has 0 unspecified atom stereocenters. The van der Waals surface area contributed by atoms with Crippen molar-refractivity contribution in [2.75, 3.05) is 19.0 Å². The Balaban J connectivity index is 1.48. The molecular weight excluding hydrogens is 356 g/mol. The van der Waals surface area contributed by atoms with E-state index in [9.17, 15) is 9.59 Å². The largest absolute Gasteiger partial charge is 0.497 e. The van der Waals surface area contributed by atoms with Crippen LogP contribution in [0.1, 0.15) is 10.4 Å². The van der Waals surface area contributed by atoms with Crippen molar-refractivity contribution in [2.45, 2.75) is 0 Å². The number of hydrogen-bond acceptors (Lipinski definition) is 4. The minimum absolute atomic E-state index is 0.132. The Hall–Kier alpha value is -3.80. The van der Waals surface area contributed by atoms with Crippen LogP contribution in [0.5, 0.6) is 17.2 Å². The number of ether oxygens (including phenoxy) is 2. The van der Waals surface area contributed by atoms with E-state index in [0.29, 0.717) is 22.7 Å². The van der Waals surface area contributed by atoms with Crippen LogP contribution in [0.2, 0.25) is 0 Å². The van der Waals surface area contributed by atoms with Crippen molar-refractivity contribution in [1.82, 2.24) is 5.32 Å². The lowest BCUT2D eigenvalue weighted by molar-refractivity contribution is -0.115. The van der Waals surface area contributed by atoms with Gasteiger partial charge in [0.1, 0.15) is 17.2 Å². The van der Waals surface area contributed by atoms with Crippen LogP contribution < -0.4 is 20.1 Å². The minimum atomic E-state index is -0.329. The van der Waals surface area contributed by atoms with Crippen LogP contribution in [0, 0.1) is 0 Å². The van der Waals surface area contributed by atoms with E-state index in [2.05, 4.69) is 10.6 Å². The van der Waals surface area contributed by atoms with Crippen molar-refractivity contribution in [3.63, 3.8) is 0 Å². The molecule has 142 valence electrons. The third kappa shape index (κ3) is 5.35. The van der Waals surface area contributed by atoms with Crippen molar-refractivity contribution in [3.05, 3.63) is 84.4 Å². The van der Waals surface area contributed by atoms with Crippen molar-refractivity contribution < 1.29 is 19.1 Å². The third-order valence-electron chi connectivity index (χ3n) is 3.88. The lowest BCUT2D eigenvalue weighted by Crippen LogP contribution is -2.32. The van der Waals surface area contributed by atoms with Crippen molar-refractivity contribution >= 4 is 17.5 Å². The van der Waals surface area contributed by atoms with Gasteiger partial charge in [0, 0.05) is 11.3 Å². The minimum Gasteiger partial charge on any atom is -0.497 e. The topological polar surface area (TPSA) is 76.7 Å². The first-order valence-corrected chi connectivity index (χ1v) is 8.69. The smallest absolute Gasteiger partial charge is 0.251 e. The molecule has 0 radical (unpaired) electrons. The summed E-state index contributed by atoms with van der Waals surface area (Å²) in [6.45, 7) is -0.132. The van der Waals surface area contributed by atoms with E-state index in [1.54, 1.807) is 55.6 Å². The second-order valence-corrected chi connectivity index (χ2v) is 5.90. The number of amides is 2. The molecular formula is C22H20N2O4. The summed E-state index contributed by atoms with van der Waals surface area (Å²) < 4.78 is 10.8. The highest BCUT2D eigenvalue weighted by Crippen LogP contribution is 2.22. The van der Waals surface area contributed by atoms with Gasteiger partial charge in [0.05, 0.1) is 13.7 Å². The predicted molar refractivity (Wildman–Crippen MR) is 107 cm³/mol. The van der Waals surface area contributed by atoms with Crippen molar-refractivity contribution in [2.24, 2.45) is 0 Å². The lowest BCUT2D eigenvalue weighted by atomic mass is 10.2. The molecule has 2 amide bonds. The van der Waals surface area contributed by atoms with Gasteiger partial charge in [0.15, 0.2) is 0 Å². The van der Waals surface area contributed by atoms with Gasteiger partial charge in [-0.1, -0.05) is 18.2 Å². The van der Waals surface area contributed by atoms with Crippen LogP contribution in [-0.4, -0.2) is 25.5 Å². The Kier molecular flexibility index (Phi) is 6.25. The fraction of sp³-hybridized carbons (Fsp3) is 0.0909. The number of para-hydroxylation sites is 1. The van der Waals surface area contributed by atoms with Crippen LogP contribution >= 0.6 is 0 Å². The fourth-order valence-electron chi connectivity index (χ4n) is 2.44. The van der Waals surface area contributed by atoms with Gasteiger partial charge in [0.25, 0.3) is 5.91 Å². The molecule has 3 aromatic rings. The molecule has 6 heteroatoms. The first kappa shape index (κ1) is 19.0. The van der Waals surface area contributed by atoms with Gasteiger partial charge >= 0.3 is 0 Å². The molecule has 0 spiro atoms. The van der Waals surface area contributed by atoms with E-state index in [1.807, 2.05) is 30.3 Å². The van der Waals surface area contributed by atoms with Gasteiger partial charge in [-0.15, -0.1) is 0 Å². The molecule has 3 rings (SSSR count). The highest BCUT2D eigenvalue weighted by molar-refractivity contribution is 5.99. The molecule has 0 fully saturated rings. The molecule has 28 heavy (non-hydrogen) atoms. The molecule has 0 heterocycles. The van der Waals surface area contributed by atoms with Crippen LogP contribution in [0.4, 0.5) is 5.69 Å². The summed E-state index contributed by atoms with van der Waals surface area (Å²) in [5.74, 6) is 1.41. The second kappa shape index (κ2) is 9.23. The standard InChI is InChI=1S/C22H20N2O4/c1-27-18-11-7-16(8-12-18)22(26)23-15-21(25)24-17-9-13-20(14-10-17)28-19-5-3-2-4-6-19/h2-14H,15H2,1H3,(H,23,26)(H,24,25). The van der Waals surface area contributed by atoms with E-state index in [-0.39, 0.29) is 18.4 Å². The zero-order chi connectivity index (χ0) is 19.8. The number of benzene rings is 3. The number of methoxy groups -OCH3 is 1. The molecule has 3 aromatic carbocycles. The van der Waals surface area contributed by atoms with Crippen LogP contribution in [0.3, 0.4) is 0 Å². The van der Waals surface area contributed by atoms with Crippen LogP contribution in [0.15, 0.2) is 78.9 Å². The van der Waals surface area contributed by atoms with Gasteiger partial charge in [-0.2, -0.15) is 0 Å². The summed E-state index contributed by atoms with van der Waals surface area (Å²) in [6.07, 6.45) is 0. The van der Waals surface area contributed by atoms with E-state index in [4.69, 9.17) is 9.47 Å². The Morgan fingerprint density at radius 1 is 0.786 bits per heavy atom. The molecule has 0 atom stereocenters. The Bertz CT molecular complexity index is 923. The zero-order valence-electron chi connectivity index (χ0n) is 15.3. The molecule has 0 saturated heterocycles. The van der Waals surface area contributed by atoms with E-state index < -0.39 is 0 Å². The summed E-state index contributed by atoms with van der Waals surface area (Å²) in [5.41, 5.74) is 1.07. The Morgan fingerprint density at radius 3 is 2.04 bits per heavy atom. The second-order valence-electron chi connectivity index (χ2n) is 5.90. The summed E-state index contributed by atoms with van der Waals surface area (Å²) in [4.78, 5) is 24.1. The molecule has 0 saturated carbocycles. The molecule has 0 aliphatic rings. The third-order valence-corrected chi connectivity index (χ3v) is 3.88.